The van der Waals surface area contributed by atoms with E-state index in [1.54, 1.807) is 0 Å². The molecular weight excluding hydrogens is 445 g/mol. The molecule has 2 aliphatic rings. The second-order valence-electron chi connectivity index (χ2n) is 6.24. The lowest BCUT2D eigenvalue weighted by molar-refractivity contribution is 0.593. The third-order valence-electron chi connectivity index (χ3n) is 5.06. The molecule has 6 heteroatoms. The third-order valence-corrected chi connectivity index (χ3v) is 10.3. The Morgan fingerprint density at radius 2 is 1.04 bits per heavy atom. The first-order valence-electron chi connectivity index (χ1n) is 7.84. The highest BCUT2D eigenvalue weighted by molar-refractivity contribution is 9.25. The average Bonchev–Trinajstić information content (AvgIpc) is 2.64. The molecule has 0 aromatic heterocycles. The van der Waals surface area contributed by atoms with Crippen molar-refractivity contribution in [1.29, 1.82) is 0 Å². The number of hydrogen-bond acceptors (Lipinski definition) is 1. The molecule has 2 heterocycles. The van der Waals surface area contributed by atoms with Gasteiger partial charge in [0.05, 0.1) is 0 Å². The van der Waals surface area contributed by atoms with E-state index in [9.17, 15) is 4.57 Å². The van der Waals surface area contributed by atoms with Gasteiger partial charge in [-0.15, -0.1) is 31.5 Å². The lowest BCUT2D eigenvalue weighted by atomic mass is 9.57. The van der Waals surface area contributed by atoms with E-state index in [2.05, 4.69) is 61.8 Å². The van der Waals surface area contributed by atoms with E-state index in [4.69, 9.17) is 0 Å². The minimum absolute atomic E-state index is 0.0793. The van der Waals surface area contributed by atoms with Gasteiger partial charge < -0.3 is 4.57 Å². The molecule has 0 fully saturated rings. The molecule has 2 aliphatic heterocycles. The maximum atomic E-state index is 14.6. The van der Waals surface area contributed by atoms with Crippen LogP contribution in [0.1, 0.15) is 0 Å². The largest absolute Gasteiger partial charge is 0.309 e. The Morgan fingerprint density at radius 3 is 1.54 bits per heavy atom. The molecule has 1 nitrogen and oxygen atoms in total. The van der Waals surface area contributed by atoms with Gasteiger partial charge in [-0.05, 0) is 0 Å². The van der Waals surface area contributed by atoms with Gasteiger partial charge in [0.2, 0.25) is 0 Å². The molecule has 0 aliphatic carbocycles. The number of benzene rings is 3. The zero-order valence-electron chi connectivity index (χ0n) is 12.6. The highest BCUT2D eigenvalue weighted by Gasteiger charge is 2.48. The smallest absolute Gasteiger partial charge is 0.288 e. The van der Waals surface area contributed by atoms with E-state index in [-0.39, 0.29) is 11.1 Å². The van der Waals surface area contributed by atoms with Crippen molar-refractivity contribution in [2.24, 2.45) is 0 Å². The Hall–Kier alpha value is -1.02. The molecule has 3 aromatic rings. The standard InChI is InChI=1S/C18H11B2Br2OP/c21-19-12-6-1-3-10-16(12)24(23)17-11-4-2-7-13(17)20(22)15-9-5-8-14(19)18(15)24/h1-11H. The summed E-state index contributed by atoms with van der Waals surface area (Å²) in [4.78, 5) is 0. The van der Waals surface area contributed by atoms with Crippen molar-refractivity contribution in [1.82, 2.24) is 0 Å². The third kappa shape index (κ3) is 1.76. The molecule has 0 atom stereocenters. The zero-order chi connectivity index (χ0) is 16.5. The molecule has 3 aromatic carbocycles. The van der Waals surface area contributed by atoms with Gasteiger partial charge in [0, 0.05) is 15.9 Å². The van der Waals surface area contributed by atoms with Crippen molar-refractivity contribution in [2.45, 2.75) is 0 Å². The number of rotatable bonds is 0. The van der Waals surface area contributed by atoms with E-state index in [0.29, 0.717) is 0 Å². The van der Waals surface area contributed by atoms with Gasteiger partial charge in [-0.2, -0.15) is 0 Å². The molecule has 0 saturated carbocycles. The average molecular weight is 456 g/mol. The minimum atomic E-state index is -2.85. The predicted octanol–water partition coefficient (Wildman–Crippen LogP) is 0.954. The van der Waals surface area contributed by atoms with Crippen LogP contribution in [0.5, 0.6) is 0 Å². The molecule has 0 N–H and O–H groups in total. The molecule has 24 heavy (non-hydrogen) atoms. The van der Waals surface area contributed by atoms with Gasteiger partial charge in [-0.1, -0.05) is 88.6 Å². The SMILES string of the molecule is O=P12c3ccccc3B(Br)c3cccc(c31)B(Br)c1ccccc12. The van der Waals surface area contributed by atoms with Crippen molar-refractivity contribution in [2.75, 3.05) is 0 Å². The fraction of sp³-hybridized carbons (Fsp3) is 0. The molecule has 114 valence electrons. The second kappa shape index (κ2) is 5.24. The quantitative estimate of drug-likeness (QED) is 0.365. The van der Waals surface area contributed by atoms with Gasteiger partial charge in [0.1, 0.15) is 0 Å². The molecule has 0 radical (unpaired) electrons. The molecule has 0 saturated heterocycles. The fourth-order valence-corrected chi connectivity index (χ4v) is 9.91. The van der Waals surface area contributed by atoms with Gasteiger partial charge in [0.25, 0.3) is 11.1 Å². The Bertz CT molecular complexity index is 977. The van der Waals surface area contributed by atoms with Gasteiger partial charge in [-0.25, -0.2) is 0 Å². The first-order valence-corrected chi connectivity index (χ1v) is 11.4. The van der Waals surface area contributed by atoms with Gasteiger partial charge >= 0.3 is 0 Å². The maximum absolute atomic E-state index is 14.6. The van der Waals surface area contributed by atoms with Crippen molar-refractivity contribution < 1.29 is 4.57 Å². The summed E-state index contributed by atoms with van der Waals surface area (Å²) in [5.41, 5.74) is 4.66. The lowest BCUT2D eigenvalue weighted by Gasteiger charge is -2.38. The molecule has 0 spiro atoms. The summed E-state index contributed by atoms with van der Waals surface area (Å²) in [5, 5.41) is 2.96. The minimum Gasteiger partial charge on any atom is -0.309 e. The lowest BCUT2D eigenvalue weighted by Crippen LogP contribution is -2.68. The van der Waals surface area contributed by atoms with E-state index in [1.807, 2.05) is 36.4 Å². The Labute approximate surface area is 158 Å². The molecule has 0 amide bonds. The van der Waals surface area contributed by atoms with E-state index in [0.717, 1.165) is 37.8 Å². The maximum Gasteiger partial charge on any atom is 0.288 e. The second-order valence-corrected chi connectivity index (χ2v) is 10.7. The normalized spacial score (nSPS) is 16.2. The van der Waals surface area contributed by atoms with Crippen LogP contribution >= 0.6 is 38.7 Å². The van der Waals surface area contributed by atoms with Crippen LogP contribution in [-0.2, 0) is 4.57 Å². The van der Waals surface area contributed by atoms with Gasteiger partial charge in [-0.3, -0.25) is 0 Å². The summed E-state index contributed by atoms with van der Waals surface area (Å²) < 4.78 is 14.6. The number of halogens is 2. The summed E-state index contributed by atoms with van der Waals surface area (Å²) in [6, 6.07) is 22.6. The number of hydrogen-bond donors (Lipinski definition) is 0. The van der Waals surface area contributed by atoms with Crippen molar-refractivity contribution in [3.05, 3.63) is 66.7 Å². The first kappa shape index (κ1) is 15.3. The van der Waals surface area contributed by atoms with Crippen LogP contribution in [-0.4, -0.2) is 11.1 Å². The van der Waals surface area contributed by atoms with Gasteiger partial charge in [0.15, 0.2) is 7.14 Å². The van der Waals surface area contributed by atoms with Crippen LogP contribution in [0, 0.1) is 0 Å². The highest BCUT2D eigenvalue weighted by Crippen LogP contribution is 2.44. The molecule has 0 bridgehead atoms. The van der Waals surface area contributed by atoms with Crippen LogP contribution in [0.2, 0.25) is 0 Å². The summed E-state index contributed by atoms with van der Waals surface area (Å²) in [5.74, 6) is 0. The van der Waals surface area contributed by atoms with Crippen molar-refractivity contribution in [3.63, 3.8) is 0 Å². The summed E-state index contributed by atoms with van der Waals surface area (Å²) in [6.07, 6.45) is 0. The van der Waals surface area contributed by atoms with Crippen molar-refractivity contribution in [3.8, 4) is 0 Å². The molecular formula is C18H11B2Br2OP. The Morgan fingerprint density at radius 1 is 0.625 bits per heavy atom. The van der Waals surface area contributed by atoms with Crippen LogP contribution in [0.3, 0.4) is 0 Å². The van der Waals surface area contributed by atoms with Crippen molar-refractivity contribution >= 4 is 87.5 Å². The summed E-state index contributed by atoms with van der Waals surface area (Å²) in [7, 11) is -2.85. The Balaban J connectivity index is 2.00. The molecule has 5 rings (SSSR count). The van der Waals surface area contributed by atoms with E-state index >= 15 is 0 Å². The topological polar surface area (TPSA) is 17.1 Å². The summed E-state index contributed by atoms with van der Waals surface area (Å²) >= 11 is 7.70. The van der Waals surface area contributed by atoms with Crippen LogP contribution in [0.4, 0.5) is 0 Å². The zero-order valence-corrected chi connectivity index (χ0v) is 16.7. The molecule has 0 unspecified atom stereocenters. The van der Waals surface area contributed by atoms with Crippen LogP contribution in [0.25, 0.3) is 0 Å². The highest BCUT2D eigenvalue weighted by atomic mass is 79.9. The fourth-order valence-electron chi connectivity index (χ4n) is 4.04. The van der Waals surface area contributed by atoms with Crippen LogP contribution in [0.15, 0.2) is 66.7 Å². The first-order chi connectivity index (χ1) is 11.6. The van der Waals surface area contributed by atoms with E-state index < -0.39 is 7.14 Å². The predicted molar refractivity (Wildman–Crippen MR) is 114 cm³/mol. The Kier molecular flexibility index (Phi) is 3.33. The van der Waals surface area contributed by atoms with Crippen LogP contribution < -0.4 is 37.8 Å². The van der Waals surface area contributed by atoms with E-state index in [1.165, 1.54) is 0 Å². The number of fused-ring (bicyclic) bond motifs is 4. The summed E-state index contributed by atoms with van der Waals surface area (Å²) in [6.45, 7) is 0. The monoisotopic (exact) mass is 454 g/mol.